The summed E-state index contributed by atoms with van der Waals surface area (Å²) in [6.07, 6.45) is 3.33. The normalized spacial score (nSPS) is 21.0. The molecule has 2 aromatic rings. The van der Waals surface area contributed by atoms with Crippen LogP contribution in [0.3, 0.4) is 0 Å². The number of aryl methyl sites for hydroxylation is 1. The highest BCUT2D eigenvalue weighted by Gasteiger charge is 2.36. The second-order valence-electron chi connectivity index (χ2n) is 7.05. The first-order valence-electron chi connectivity index (χ1n) is 9.63. The molecule has 1 aliphatic carbocycles. The Hall–Kier alpha value is -3.19. The standard InChI is InChI=1S/C23H20N2O4S/c1-29-20(26)14-19-22(28)25(18-9-3-2-4-10-18)23(30-19)24-21(27)17-12-11-15-7-5-6-8-16(15)13-17/h2-10,14,17H,11-13H2,1H3. The number of rotatable bonds is 3. The molecule has 0 radical (unpaired) electrons. The summed E-state index contributed by atoms with van der Waals surface area (Å²) in [4.78, 5) is 43.4. The maximum atomic E-state index is 13.0. The van der Waals surface area contributed by atoms with Gasteiger partial charge in [0.15, 0.2) is 5.17 Å². The molecule has 1 unspecified atom stereocenters. The fourth-order valence-corrected chi connectivity index (χ4v) is 4.56. The maximum Gasteiger partial charge on any atom is 0.331 e. The number of methoxy groups -OCH3 is 1. The van der Waals surface area contributed by atoms with Crippen molar-refractivity contribution in [3.63, 3.8) is 0 Å². The molecule has 1 heterocycles. The molecule has 30 heavy (non-hydrogen) atoms. The van der Waals surface area contributed by atoms with Crippen molar-refractivity contribution in [2.24, 2.45) is 10.9 Å². The molecule has 1 saturated heterocycles. The van der Waals surface area contributed by atoms with E-state index in [1.54, 1.807) is 24.3 Å². The Morgan fingerprint density at radius 1 is 1.10 bits per heavy atom. The van der Waals surface area contributed by atoms with E-state index >= 15 is 0 Å². The number of hydrogen-bond acceptors (Lipinski definition) is 5. The highest BCUT2D eigenvalue weighted by Crippen LogP contribution is 2.35. The van der Waals surface area contributed by atoms with Crippen LogP contribution in [0, 0.1) is 5.92 Å². The maximum absolute atomic E-state index is 13.0. The van der Waals surface area contributed by atoms with Gasteiger partial charge in [0.2, 0.25) is 0 Å². The minimum Gasteiger partial charge on any atom is -0.466 e. The number of hydrogen-bond donors (Lipinski definition) is 0. The average molecular weight is 420 g/mol. The first-order chi connectivity index (χ1) is 14.6. The van der Waals surface area contributed by atoms with E-state index in [0.29, 0.717) is 12.1 Å². The average Bonchev–Trinajstić information content (AvgIpc) is 3.08. The summed E-state index contributed by atoms with van der Waals surface area (Å²) in [5.41, 5.74) is 3.03. The molecule has 2 aliphatic rings. The Morgan fingerprint density at radius 3 is 2.53 bits per heavy atom. The van der Waals surface area contributed by atoms with Gasteiger partial charge in [-0.2, -0.15) is 4.99 Å². The zero-order valence-corrected chi connectivity index (χ0v) is 17.2. The number of carbonyl (C=O) groups excluding carboxylic acids is 3. The number of anilines is 1. The molecule has 0 saturated carbocycles. The summed E-state index contributed by atoms with van der Waals surface area (Å²) in [6, 6.07) is 17.1. The topological polar surface area (TPSA) is 76.0 Å². The van der Waals surface area contributed by atoms with Gasteiger partial charge < -0.3 is 4.74 Å². The van der Waals surface area contributed by atoms with Crippen molar-refractivity contribution in [3.05, 3.63) is 76.7 Å². The van der Waals surface area contributed by atoms with E-state index < -0.39 is 11.9 Å². The minimum atomic E-state index is -0.629. The molecule has 1 atom stereocenters. The third kappa shape index (κ3) is 4.07. The van der Waals surface area contributed by atoms with E-state index in [9.17, 15) is 14.4 Å². The molecule has 1 aliphatic heterocycles. The fraction of sp³-hybridized carbons (Fsp3) is 0.217. The van der Waals surface area contributed by atoms with Gasteiger partial charge in [0.05, 0.1) is 17.7 Å². The van der Waals surface area contributed by atoms with Crippen LogP contribution in [0.2, 0.25) is 0 Å². The lowest BCUT2D eigenvalue weighted by Crippen LogP contribution is -2.30. The van der Waals surface area contributed by atoms with Crippen LogP contribution in [0.5, 0.6) is 0 Å². The quantitative estimate of drug-likeness (QED) is 0.561. The minimum absolute atomic E-state index is 0.172. The number of nitrogens with zero attached hydrogens (tertiary/aromatic N) is 2. The van der Waals surface area contributed by atoms with Crippen molar-refractivity contribution < 1.29 is 19.1 Å². The molecule has 0 N–H and O–H groups in total. The molecule has 152 valence electrons. The highest BCUT2D eigenvalue weighted by atomic mass is 32.2. The van der Waals surface area contributed by atoms with Crippen molar-refractivity contribution in [1.82, 2.24) is 0 Å². The van der Waals surface area contributed by atoms with Crippen molar-refractivity contribution in [2.75, 3.05) is 12.0 Å². The van der Waals surface area contributed by atoms with Crippen LogP contribution in [0.1, 0.15) is 17.5 Å². The summed E-state index contributed by atoms with van der Waals surface area (Å²) in [5.74, 6) is -1.51. The van der Waals surface area contributed by atoms with Gasteiger partial charge in [-0.05, 0) is 54.3 Å². The lowest BCUT2D eigenvalue weighted by molar-refractivity contribution is -0.135. The monoisotopic (exact) mass is 420 g/mol. The number of benzene rings is 2. The largest absolute Gasteiger partial charge is 0.466 e. The molecule has 7 heteroatoms. The van der Waals surface area contributed by atoms with E-state index in [-0.39, 0.29) is 21.9 Å². The number of amides is 2. The zero-order valence-electron chi connectivity index (χ0n) is 16.4. The van der Waals surface area contributed by atoms with Gasteiger partial charge in [0.1, 0.15) is 0 Å². The number of carbonyl (C=O) groups is 3. The molecular formula is C23H20N2O4S. The summed E-state index contributed by atoms with van der Waals surface area (Å²) < 4.78 is 4.64. The molecule has 4 rings (SSSR count). The number of thioether (sulfide) groups is 1. The van der Waals surface area contributed by atoms with Gasteiger partial charge in [-0.3, -0.25) is 14.5 Å². The van der Waals surface area contributed by atoms with Crippen LogP contribution in [0.25, 0.3) is 0 Å². The molecule has 0 spiro atoms. The number of aliphatic imine (C=N–C) groups is 1. The Morgan fingerprint density at radius 2 is 1.80 bits per heavy atom. The number of ether oxygens (including phenoxy) is 1. The second kappa shape index (κ2) is 8.67. The molecule has 0 aromatic heterocycles. The highest BCUT2D eigenvalue weighted by molar-refractivity contribution is 8.19. The summed E-state index contributed by atoms with van der Waals surface area (Å²) >= 11 is 1.01. The molecule has 0 bridgehead atoms. The Bertz CT molecular complexity index is 1060. The molecule has 2 aromatic carbocycles. The predicted molar refractivity (Wildman–Crippen MR) is 116 cm³/mol. The van der Waals surface area contributed by atoms with E-state index in [1.807, 2.05) is 24.3 Å². The van der Waals surface area contributed by atoms with Crippen LogP contribution >= 0.6 is 11.8 Å². The van der Waals surface area contributed by atoms with E-state index in [4.69, 9.17) is 0 Å². The lowest BCUT2D eigenvalue weighted by Gasteiger charge is -2.22. The lowest BCUT2D eigenvalue weighted by atomic mass is 9.83. The van der Waals surface area contributed by atoms with E-state index in [0.717, 1.165) is 30.7 Å². The van der Waals surface area contributed by atoms with Gasteiger partial charge in [0, 0.05) is 12.0 Å². The van der Waals surface area contributed by atoms with E-state index in [2.05, 4.69) is 15.8 Å². The van der Waals surface area contributed by atoms with Gasteiger partial charge in [0.25, 0.3) is 11.8 Å². The summed E-state index contributed by atoms with van der Waals surface area (Å²) in [7, 11) is 1.25. The zero-order chi connectivity index (χ0) is 21.1. The van der Waals surface area contributed by atoms with Crippen LogP contribution in [0.4, 0.5) is 5.69 Å². The number of para-hydroxylation sites is 1. The van der Waals surface area contributed by atoms with Crippen LogP contribution in [-0.2, 0) is 32.0 Å². The van der Waals surface area contributed by atoms with Gasteiger partial charge in [-0.25, -0.2) is 4.79 Å². The molecule has 6 nitrogen and oxygen atoms in total. The van der Waals surface area contributed by atoms with Gasteiger partial charge in [-0.1, -0.05) is 42.5 Å². The number of amidine groups is 1. The molecule has 1 fully saturated rings. The first kappa shape index (κ1) is 20.1. The van der Waals surface area contributed by atoms with Gasteiger partial charge >= 0.3 is 5.97 Å². The third-order valence-electron chi connectivity index (χ3n) is 5.17. The Balaban J connectivity index is 1.64. The van der Waals surface area contributed by atoms with Gasteiger partial charge in [-0.15, -0.1) is 0 Å². The fourth-order valence-electron chi connectivity index (χ4n) is 3.61. The smallest absolute Gasteiger partial charge is 0.331 e. The number of fused-ring (bicyclic) bond motifs is 1. The summed E-state index contributed by atoms with van der Waals surface area (Å²) in [6.45, 7) is 0. The van der Waals surface area contributed by atoms with Crippen molar-refractivity contribution in [1.29, 1.82) is 0 Å². The van der Waals surface area contributed by atoms with Crippen molar-refractivity contribution in [3.8, 4) is 0 Å². The SMILES string of the molecule is COC(=O)C=C1SC(=NC(=O)C2CCc3ccccc3C2)N(c2ccccc2)C1=O. The molecule has 2 amide bonds. The third-order valence-corrected chi connectivity index (χ3v) is 6.14. The van der Waals surface area contributed by atoms with Crippen molar-refractivity contribution in [2.45, 2.75) is 19.3 Å². The molecular weight excluding hydrogens is 400 g/mol. The van der Waals surface area contributed by atoms with Crippen molar-refractivity contribution >= 4 is 40.4 Å². The predicted octanol–water partition coefficient (Wildman–Crippen LogP) is 3.51. The first-order valence-corrected chi connectivity index (χ1v) is 10.4. The Kier molecular flexibility index (Phi) is 5.81. The second-order valence-corrected chi connectivity index (χ2v) is 8.06. The summed E-state index contributed by atoms with van der Waals surface area (Å²) in [5, 5.41) is 0.255. The number of esters is 1. The van der Waals surface area contributed by atoms with E-state index in [1.165, 1.54) is 23.1 Å². The van der Waals surface area contributed by atoms with Crippen LogP contribution < -0.4 is 4.90 Å². The van der Waals surface area contributed by atoms with Crippen LogP contribution in [-0.4, -0.2) is 30.1 Å². The Labute approximate surface area is 178 Å². The van der Waals surface area contributed by atoms with Crippen LogP contribution in [0.15, 0.2) is 70.6 Å².